The van der Waals surface area contributed by atoms with Gasteiger partial charge in [0.15, 0.2) is 0 Å². The normalized spacial score (nSPS) is 8.50. The highest BCUT2D eigenvalue weighted by molar-refractivity contribution is 5.56. The van der Waals surface area contributed by atoms with Crippen molar-refractivity contribution in [1.29, 1.82) is 5.26 Å². The Bertz CT molecular complexity index is 469. The molecule has 0 unspecified atom stereocenters. The Morgan fingerprint density at radius 3 is 2.86 bits per heavy atom. The van der Waals surface area contributed by atoms with E-state index < -0.39 is 4.92 Å². The number of azide groups is 1. The van der Waals surface area contributed by atoms with Gasteiger partial charge in [-0.1, -0.05) is 11.2 Å². The summed E-state index contributed by atoms with van der Waals surface area (Å²) in [5.41, 5.74) is 7.78. The Balaban J connectivity index is 3.36. The zero-order chi connectivity index (χ0) is 10.6. The van der Waals surface area contributed by atoms with Crippen LogP contribution in [-0.2, 0) is 0 Å². The molecule has 0 radical (unpaired) electrons. The van der Waals surface area contributed by atoms with E-state index in [4.69, 9.17) is 10.8 Å². The summed E-state index contributed by atoms with van der Waals surface area (Å²) >= 11 is 0. The second-order valence-electron chi connectivity index (χ2n) is 2.26. The monoisotopic (exact) mass is 189 g/mol. The number of rotatable bonds is 2. The first-order valence-electron chi connectivity index (χ1n) is 3.42. The molecule has 1 aromatic rings. The fourth-order valence-corrected chi connectivity index (χ4v) is 0.879. The van der Waals surface area contributed by atoms with Crippen LogP contribution in [0.3, 0.4) is 0 Å². The molecule has 0 aliphatic carbocycles. The summed E-state index contributed by atoms with van der Waals surface area (Å²) < 4.78 is 0. The molecule has 1 aromatic carbocycles. The minimum atomic E-state index is -0.699. The molecule has 0 saturated carbocycles. The Morgan fingerprint density at radius 2 is 2.36 bits per heavy atom. The van der Waals surface area contributed by atoms with E-state index in [1.54, 1.807) is 6.07 Å². The van der Waals surface area contributed by atoms with Gasteiger partial charge >= 0.3 is 0 Å². The maximum absolute atomic E-state index is 10.5. The van der Waals surface area contributed by atoms with E-state index in [-0.39, 0.29) is 16.9 Å². The molecule has 14 heavy (non-hydrogen) atoms. The Morgan fingerprint density at radius 1 is 1.64 bits per heavy atom. The van der Waals surface area contributed by atoms with Crippen molar-refractivity contribution in [2.75, 3.05) is 0 Å². The van der Waals surface area contributed by atoms with Gasteiger partial charge in [-0.25, -0.2) is 0 Å². The third-order valence-electron chi connectivity index (χ3n) is 1.46. The number of nitriles is 1. The fourth-order valence-electron chi connectivity index (χ4n) is 0.879. The lowest BCUT2D eigenvalue weighted by Gasteiger charge is -1.94. The van der Waals surface area contributed by atoms with Gasteiger partial charge in [-0.05, 0) is 11.6 Å². The van der Waals surface area contributed by atoms with Gasteiger partial charge in [-0.3, -0.25) is 10.1 Å². The Kier molecular flexibility index (Phi) is 2.64. The third kappa shape index (κ3) is 1.77. The van der Waals surface area contributed by atoms with Crippen molar-refractivity contribution in [2.45, 2.75) is 0 Å². The van der Waals surface area contributed by atoms with Crippen LogP contribution in [0.1, 0.15) is 5.56 Å². The molecule has 0 N–H and O–H groups in total. The quantitative estimate of drug-likeness (QED) is 0.233. The van der Waals surface area contributed by atoms with Crippen molar-refractivity contribution in [3.63, 3.8) is 0 Å². The van der Waals surface area contributed by atoms with Gasteiger partial charge in [0.25, 0.3) is 5.69 Å². The van der Waals surface area contributed by atoms with E-state index in [0.29, 0.717) is 0 Å². The summed E-state index contributed by atoms with van der Waals surface area (Å²) in [6.07, 6.45) is 0. The molecular weight excluding hydrogens is 186 g/mol. The van der Waals surface area contributed by atoms with Gasteiger partial charge < -0.3 is 0 Å². The average molecular weight is 189 g/mol. The minimum absolute atomic E-state index is 0.0631. The van der Waals surface area contributed by atoms with E-state index in [1.165, 1.54) is 12.1 Å². The minimum Gasteiger partial charge on any atom is -0.258 e. The molecule has 68 valence electrons. The van der Waals surface area contributed by atoms with Crippen molar-refractivity contribution in [3.8, 4) is 6.07 Å². The van der Waals surface area contributed by atoms with Crippen LogP contribution in [0.5, 0.6) is 0 Å². The molecule has 0 saturated heterocycles. The maximum Gasteiger partial charge on any atom is 0.287 e. The molecule has 7 heteroatoms. The predicted molar refractivity (Wildman–Crippen MR) is 46.6 cm³/mol. The molecule has 0 amide bonds. The number of benzene rings is 1. The van der Waals surface area contributed by atoms with Crippen LogP contribution in [0, 0.1) is 21.4 Å². The third-order valence-corrected chi connectivity index (χ3v) is 1.46. The lowest BCUT2D eigenvalue weighted by atomic mass is 10.2. The second kappa shape index (κ2) is 3.89. The fraction of sp³-hybridized carbons (Fsp3) is 0. The SMILES string of the molecule is N#Cc1ccc(N=[N+]=[N-])cc1[N+](=O)[O-]. The Labute approximate surface area is 78.0 Å². The van der Waals surface area contributed by atoms with Crippen molar-refractivity contribution in [1.82, 2.24) is 0 Å². The van der Waals surface area contributed by atoms with Crippen molar-refractivity contribution in [2.24, 2.45) is 5.11 Å². The van der Waals surface area contributed by atoms with Crippen LogP contribution in [0.25, 0.3) is 10.4 Å². The lowest BCUT2D eigenvalue weighted by molar-refractivity contribution is -0.385. The summed E-state index contributed by atoms with van der Waals surface area (Å²) in [7, 11) is 0. The highest BCUT2D eigenvalue weighted by Crippen LogP contribution is 2.24. The van der Waals surface area contributed by atoms with Crippen LogP contribution in [0.2, 0.25) is 0 Å². The largest absolute Gasteiger partial charge is 0.287 e. The summed E-state index contributed by atoms with van der Waals surface area (Å²) in [5, 5.41) is 22.2. The van der Waals surface area contributed by atoms with Gasteiger partial charge in [0, 0.05) is 16.7 Å². The van der Waals surface area contributed by atoms with E-state index in [9.17, 15) is 10.1 Å². The van der Waals surface area contributed by atoms with Crippen molar-refractivity contribution in [3.05, 3.63) is 44.3 Å². The highest BCUT2D eigenvalue weighted by atomic mass is 16.6. The number of hydrogen-bond acceptors (Lipinski definition) is 4. The van der Waals surface area contributed by atoms with Gasteiger partial charge in [-0.2, -0.15) is 5.26 Å². The van der Waals surface area contributed by atoms with Crippen LogP contribution in [-0.4, -0.2) is 4.92 Å². The van der Waals surface area contributed by atoms with E-state index in [0.717, 1.165) is 6.07 Å². The molecule has 0 aliphatic heterocycles. The second-order valence-corrected chi connectivity index (χ2v) is 2.26. The smallest absolute Gasteiger partial charge is 0.258 e. The maximum atomic E-state index is 10.5. The molecule has 7 nitrogen and oxygen atoms in total. The summed E-state index contributed by atoms with van der Waals surface area (Å²) in [5.74, 6) is 0. The van der Waals surface area contributed by atoms with Crippen molar-refractivity contribution < 1.29 is 4.92 Å². The summed E-state index contributed by atoms with van der Waals surface area (Å²) in [6, 6.07) is 5.30. The molecule has 0 spiro atoms. The topological polar surface area (TPSA) is 116 Å². The molecule has 0 aliphatic rings. The van der Waals surface area contributed by atoms with Gasteiger partial charge in [0.1, 0.15) is 11.6 Å². The zero-order valence-electron chi connectivity index (χ0n) is 6.78. The summed E-state index contributed by atoms with van der Waals surface area (Å²) in [6.45, 7) is 0. The first kappa shape index (κ1) is 9.51. The molecule has 0 atom stereocenters. The zero-order valence-corrected chi connectivity index (χ0v) is 6.78. The molecule has 0 bridgehead atoms. The van der Waals surface area contributed by atoms with Crippen LogP contribution in [0.15, 0.2) is 23.3 Å². The summed E-state index contributed by atoms with van der Waals surface area (Å²) in [4.78, 5) is 12.2. The molecule has 1 rings (SSSR count). The van der Waals surface area contributed by atoms with Gasteiger partial charge in [0.2, 0.25) is 0 Å². The predicted octanol–water partition coefficient (Wildman–Crippen LogP) is 2.41. The first-order valence-corrected chi connectivity index (χ1v) is 3.42. The standard InChI is InChI=1S/C7H3N5O2/c8-4-5-1-2-6(10-11-9)3-7(5)12(13)14/h1-3H. The van der Waals surface area contributed by atoms with Crippen LogP contribution in [0.4, 0.5) is 11.4 Å². The molecule has 0 fully saturated rings. The number of hydrogen-bond donors (Lipinski definition) is 0. The van der Waals surface area contributed by atoms with Crippen LogP contribution < -0.4 is 0 Å². The van der Waals surface area contributed by atoms with E-state index >= 15 is 0 Å². The highest BCUT2D eigenvalue weighted by Gasteiger charge is 2.13. The lowest BCUT2D eigenvalue weighted by Crippen LogP contribution is -1.91. The van der Waals surface area contributed by atoms with E-state index in [2.05, 4.69) is 10.0 Å². The van der Waals surface area contributed by atoms with Gasteiger partial charge in [-0.15, -0.1) is 0 Å². The van der Waals surface area contributed by atoms with Crippen LogP contribution >= 0.6 is 0 Å². The first-order chi connectivity index (χ1) is 6.69. The average Bonchev–Trinajstić information content (AvgIpc) is 2.18. The Hall–Kier alpha value is -2.58. The van der Waals surface area contributed by atoms with E-state index in [1.807, 2.05) is 0 Å². The molecule has 0 aromatic heterocycles. The van der Waals surface area contributed by atoms with Gasteiger partial charge in [0.05, 0.1) is 4.92 Å². The number of nitro groups is 1. The number of nitrogens with zero attached hydrogens (tertiary/aromatic N) is 5. The molecular formula is C7H3N5O2. The van der Waals surface area contributed by atoms with Crippen molar-refractivity contribution >= 4 is 11.4 Å². The number of nitro benzene ring substituents is 1. The molecule has 0 heterocycles.